The number of amides is 1. The van der Waals surface area contributed by atoms with Gasteiger partial charge in [0.1, 0.15) is 17.6 Å². The second-order valence-corrected chi connectivity index (χ2v) is 6.38. The summed E-state index contributed by atoms with van der Waals surface area (Å²) in [6, 6.07) is 12.8. The van der Waals surface area contributed by atoms with Crippen molar-refractivity contribution < 1.29 is 14.1 Å². The summed E-state index contributed by atoms with van der Waals surface area (Å²) in [6.07, 6.45) is 3.09. The predicted molar refractivity (Wildman–Crippen MR) is 110 cm³/mol. The number of carbonyl (C=O) groups excluding carboxylic acids is 1. The molecule has 0 fully saturated rings. The summed E-state index contributed by atoms with van der Waals surface area (Å²) in [5, 5.41) is 18.9. The van der Waals surface area contributed by atoms with E-state index in [4.69, 9.17) is 14.5 Å². The van der Waals surface area contributed by atoms with Gasteiger partial charge in [0, 0.05) is 37.7 Å². The number of aryl methyl sites for hydroxylation is 1. The normalized spacial score (nSPS) is 10.3. The molecule has 1 amide bonds. The van der Waals surface area contributed by atoms with E-state index in [1.165, 1.54) is 0 Å². The van der Waals surface area contributed by atoms with Crippen molar-refractivity contribution in [1.82, 2.24) is 20.4 Å². The summed E-state index contributed by atoms with van der Waals surface area (Å²) >= 11 is 0. The van der Waals surface area contributed by atoms with Crippen LogP contribution in [0, 0.1) is 11.3 Å². The minimum Gasteiger partial charge on any atom is -0.497 e. The number of nitriles is 1. The number of methoxy groups -OCH3 is 1. The predicted octanol–water partition coefficient (Wildman–Crippen LogP) is 2.56. The van der Waals surface area contributed by atoms with Crippen LogP contribution in [0.3, 0.4) is 0 Å². The Morgan fingerprint density at radius 3 is 2.83 bits per heavy atom. The summed E-state index contributed by atoms with van der Waals surface area (Å²) in [6.45, 7) is 0.911. The topological polar surface area (TPSA) is 126 Å². The first-order chi connectivity index (χ1) is 14.7. The molecule has 0 radical (unpaired) electrons. The third kappa shape index (κ3) is 5.78. The monoisotopic (exact) mass is 406 g/mol. The second kappa shape index (κ2) is 10.6. The van der Waals surface area contributed by atoms with E-state index in [0.29, 0.717) is 55.4 Å². The van der Waals surface area contributed by atoms with Crippen molar-refractivity contribution in [3.05, 3.63) is 54.0 Å². The van der Waals surface area contributed by atoms with Crippen molar-refractivity contribution in [2.45, 2.75) is 19.3 Å². The number of pyridine rings is 1. The molecule has 0 aliphatic rings. The van der Waals surface area contributed by atoms with Gasteiger partial charge in [-0.3, -0.25) is 4.79 Å². The van der Waals surface area contributed by atoms with E-state index >= 15 is 0 Å². The lowest BCUT2D eigenvalue weighted by Gasteiger charge is -2.08. The van der Waals surface area contributed by atoms with Crippen LogP contribution in [0.4, 0.5) is 5.82 Å². The van der Waals surface area contributed by atoms with Crippen LogP contribution in [0.25, 0.3) is 11.4 Å². The van der Waals surface area contributed by atoms with Gasteiger partial charge in [-0.05, 0) is 42.8 Å². The van der Waals surface area contributed by atoms with E-state index in [2.05, 4.69) is 31.8 Å². The standard InChI is InChI=1S/C21H22N6O3/c1-29-17-9-7-15(8-10-17)21-26-19(30-27-21)6-2-5-18(28)23-12-13-25-20-16(14-22)4-3-11-24-20/h3-4,7-11H,2,5-6,12-13H2,1H3,(H,23,28)(H,24,25). The van der Waals surface area contributed by atoms with Crippen LogP contribution >= 0.6 is 0 Å². The van der Waals surface area contributed by atoms with Crippen molar-refractivity contribution in [1.29, 1.82) is 5.26 Å². The number of anilines is 1. The molecule has 0 spiro atoms. The highest BCUT2D eigenvalue weighted by atomic mass is 16.5. The largest absolute Gasteiger partial charge is 0.497 e. The van der Waals surface area contributed by atoms with Gasteiger partial charge in [0.25, 0.3) is 0 Å². The van der Waals surface area contributed by atoms with Crippen molar-refractivity contribution in [3.63, 3.8) is 0 Å². The number of nitrogens with one attached hydrogen (secondary N) is 2. The first-order valence-electron chi connectivity index (χ1n) is 9.52. The van der Waals surface area contributed by atoms with Gasteiger partial charge < -0.3 is 19.9 Å². The van der Waals surface area contributed by atoms with Gasteiger partial charge >= 0.3 is 0 Å². The Bertz CT molecular complexity index is 1010. The second-order valence-electron chi connectivity index (χ2n) is 6.38. The molecule has 154 valence electrons. The molecule has 0 atom stereocenters. The molecule has 0 aliphatic heterocycles. The molecule has 1 aromatic carbocycles. The summed E-state index contributed by atoms with van der Waals surface area (Å²) in [5.41, 5.74) is 1.31. The third-order valence-electron chi connectivity index (χ3n) is 4.28. The molecule has 0 saturated carbocycles. The maximum atomic E-state index is 12.0. The molecule has 9 heteroatoms. The first-order valence-corrected chi connectivity index (χ1v) is 9.52. The third-order valence-corrected chi connectivity index (χ3v) is 4.28. The van der Waals surface area contributed by atoms with Crippen LogP contribution in [0.5, 0.6) is 5.75 Å². The Morgan fingerprint density at radius 1 is 1.23 bits per heavy atom. The van der Waals surface area contributed by atoms with E-state index in [1.807, 2.05) is 24.3 Å². The number of rotatable bonds is 10. The number of aromatic nitrogens is 3. The molecule has 0 aliphatic carbocycles. The quantitative estimate of drug-likeness (QED) is 0.492. The molecule has 30 heavy (non-hydrogen) atoms. The maximum absolute atomic E-state index is 12.0. The zero-order chi connectivity index (χ0) is 21.2. The minimum atomic E-state index is -0.0618. The van der Waals surface area contributed by atoms with Crippen LogP contribution in [-0.2, 0) is 11.2 Å². The van der Waals surface area contributed by atoms with E-state index in [9.17, 15) is 4.79 Å². The van der Waals surface area contributed by atoms with Gasteiger partial charge in [-0.25, -0.2) is 4.98 Å². The number of benzene rings is 1. The van der Waals surface area contributed by atoms with E-state index < -0.39 is 0 Å². The lowest BCUT2D eigenvalue weighted by atomic mass is 10.2. The van der Waals surface area contributed by atoms with E-state index in [0.717, 1.165) is 11.3 Å². The summed E-state index contributed by atoms with van der Waals surface area (Å²) in [7, 11) is 1.61. The average molecular weight is 406 g/mol. The summed E-state index contributed by atoms with van der Waals surface area (Å²) < 4.78 is 10.4. The Labute approximate surface area is 174 Å². The highest BCUT2D eigenvalue weighted by Gasteiger charge is 2.10. The van der Waals surface area contributed by atoms with Crippen LogP contribution in [0.2, 0.25) is 0 Å². The van der Waals surface area contributed by atoms with Crippen molar-refractivity contribution in [2.24, 2.45) is 0 Å². The Morgan fingerprint density at radius 2 is 2.07 bits per heavy atom. The lowest BCUT2D eigenvalue weighted by Crippen LogP contribution is -2.28. The van der Waals surface area contributed by atoms with Crippen molar-refractivity contribution in [3.8, 4) is 23.2 Å². The smallest absolute Gasteiger partial charge is 0.226 e. The van der Waals surface area contributed by atoms with Gasteiger partial charge in [0.15, 0.2) is 0 Å². The molecule has 2 N–H and O–H groups in total. The molecule has 3 aromatic rings. The number of hydrogen-bond donors (Lipinski definition) is 2. The zero-order valence-electron chi connectivity index (χ0n) is 16.6. The highest BCUT2D eigenvalue weighted by molar-refractivity contribution is 5.75. The molecule has 2 aromatic heterocycles. The van der Waals surface area contributed by atoms with E-state index in [-0.39, 0.29) is 5.91 Å². The van der Waals surface area contributed by atoms with Gasteiger partial charge in [-0.1, -0.05) is 5.16 Å². The fraction of sp³-hybridized carbons (Fsp3) is 0.286. The molecular formula is C21H22N6O3. The van der Waals surface area contributed by atoms with Crippen LogP contribution in [0.15, 0.2) is 47.1 Å². The molecule has 9 nitrogen and oxygen atoms in total. The SMILES string of the molecule is COc1ccc(-c2noc(CCCC(=O)NCCNc3ncccc3C#N)n2)cc1. The summed E-state index contributed by atoms with van der Waals surface area (Å²) in [5.74, 6) is 2.21. The number of hydrogen-bond acceptors (Lipinski definition) is 8. The maximum Gasteiger partial charge on any atom is 0.226 e. The van der Waals surface area contributed by atoms with E-state index in [1.54, 1.807) is 25.4 Å². The number of nitrogens with zero attached hydrogens (tertiary/aromatic N) is 4. The fourth-order valence-corrected chi connectivity index (χ4v) is 2.72. The van der Waals surface area contributed by atoms with Crippen LogP contribution in [-0.4, -0.2) is 41.2 Å². The zero-order valence-corrected chi connectivity index (χ0v) is 16.6. The Kier molecular flexibility index (Phi) is 7.33. The number of ether oxygens (including phenoxy) is 1. The van der Waals surface area contributed by atoms with Gasteiger partial charge in [-0.15, -0.1) is 0 Å². The fourth-order valence-electron chi connectivity index (χ4n) is 2.72. The van der Waals surface area contributed by atoms with Crippen molar-refractivity contribution >= 4 is 11.7 Å². The van der Waals surface area contributed by atoms with Gasteiger partial charge in [0.05, 0.1) is 12.7 Å². The van der Waals surface area contributed by atoms with Crippen LogP contribution < -0.4 is 15.4 Å². The molecule has 2 heterocycles. The minimum absolute atomic E-state index is 0.0618. The molecular weight excluding hydrogens is 384 g/mol. The lowest BCUT2D eigenvalue weighted by molar-refractivity contribution is -0.121. The van der Waals surface area contributed by atoms with Crippen LogP contribution in [0.1, 0.15) is 24.3 Å². The molecule has 3 rings (SSSR count). The first kappa shape index (κ1) is 20.8. The Balaban J connectivity index is 1.35. The molecule has 0 unspecified atom stereocenters. The highest BCUT2D eigenvalue weighted by Crippen LogP contribution is 2.20. The van der Waals surface area contributed by atoms with Gasteiger partial charge in [0.2, 0.25) is 17.6 Å². The Hall–Kier alpha value is -3.93. The molecule has 0 saturated heterocycles. The molecule has 0 bridgehead atoms. The summed E-state index contributed by atoms with van der Waals surface area (Å²) in [4.78, 5) is 20.4. The average Bonchev–Trinajstić information content (AvgIpc) is 3.26. The number of carbonyl (C=O) groups is 1. The van der Waals surface area contributed by atoms with Gasteiger partial charge in [-0.2, -0.15) is 10.2 Å². The van der Waals surface area contributed by atoms with Crippen molar-refractivity contribution in [2.75, 3.05) is 25.5 Å².